The molecule has 12 nitrogen and oxygen atoms in total. The zero-order valence-corrected chi connectivity index (χ0v) is 30.4. The molecule has 1 aliphatic heterocycles. The molecule has 2 aromatic carbocycles. The molecule has 0 saturated carbocycles. The van der Waals surface area contributed by atoms with Gasteiger partial charge in [0.2, 0.25) is 17.7 Å². The summed E-state index contributed by atoms with van der Waals surface area (Å²) in [5.74, 6) is -2.29. The second kappa shape index (κ2) is 15.6. The average molecular weight is 693 g/mol. The van der Waals surface area contributed by atoms with Crippen LogP contribution in [0.2, 0.25) is 0 Å². The number of amides is 4. The summed E-state index contributed by atoms with van der Waals surface area (Å²) >= 11 is 0. The third kappa shape index (κ3) is 9.62. The maximum atomic E-state index is 14.5. The number of likely N-dealkylation sites (tertiary alicyclic amines) is 1. The lowest BCUT2D eigenvalue weighted by Gasteiger charge is -2.37. The molecule has 0 bridgehead atoms. The van der Waals surface area contributed by atoms with Crippen molar-refractivity contribution in [1.82, 2.24) is 20.4 Å². The molecule has 272 valence electrons. The molecule has 5 atom stereocenters. The summed E-state index contributed by atoms with van der Waals surface area (Å²) in [7, 11) is 1.47. The first-order valence-corrected chi connectivity index (χ1v) is 17.2. The molecule has 2 aromatic rings. The number of aryl methyl sites for hydroxylation is 1. The molecule has 0 spiro atoms. The van der Waals surface area contributed by atoms with Crippen LogP contribution in [0.1, 0.15) is 101 Å². The second-order valence-corrected chi connectivity index (χ2v) is 15.4. The Hall–Kier alpha value is -4.45. The summed E-state index contributed by atoms with van der Waals surface area (Å²) in [5, 5.41) is 15.3. The largest absolute Gasteiger partial charge is 0.478 e. The number of carboxylic acids is 1. The number of hydrogen-bond donors (Lipinski definition) is 3. The van der Waals surface area contributed by atoms with Crippen LogP contribution in [0.4, 0.5) is 4.79 Å². The molecule has 3 N–H and O–H groups in total. The highest BCUT2D eigenvalue weighted by Gasteiger charge is 2.46. The lowest BCUT2D eigenvalue weighted by molar-refractivity contribution is -0.144. The Morgan fingerprint density at radius 3 is 2.28 bits per heavy atom. The highest BCUT2D eigenvalue weighted by molar-refractivity contribution is 5.94. The minimum absolute atomic E-state index is 0.112. The van der Waals surface area contributed by atoms with E-state index in [1.54, 1.807) is 39.8 Å². The SMILES string of the molecule is CC(C(=O)NC(C(=O)N1C[C@@H](OCc2ccc(C(=O)O)cc2)C[C@H]1C(=O)N[C@@H]1CCCc2ccccc21)C(C)(C)C)N(C)C(=O)OC(C)(C)C. The Balaban J connectivity index is 1.55. The Morgan fingerprint density at radius 1 is 1.00 bits per heavy atom. The maximum absolute atomic E-state index is 14.5. The number of rotatable bonds is 10. The summed E-state index contributed by atoms with van der Waals surface area (Å²) in [6.45, 7) is 12.5. The van der Waals surface area contributed by atoms with Crippen molar-refractivity contribution in [3.8, 4) is 0 Å². The minimum atomic E-state index is -1.03. The molecule has 2 unspecified atom stereocenters. The molecule has 1 heterocycles. The van der Waals surface area contributed by atoms with Crippen LogP contribution in [0, 0.1) is 5.41 Å². The standard InChI is InChI=1S/C38H52N4O8/c1-23(41(8)36(48)50-38(5,6)7)32(43)40-31(37(2,3)4)34(45)42-21-27(49-22-24-16-18-26(19-17-24)35(46)47)20-30(42)33(44)39-29-15-11-13-25-12-9-10-14-28(25)29/h9-10,12,14,16-19,23,27,29-31H,11,13,15,20-22H2,1-8H3,(H,39,44)(H,40,43)(H,46,47)/t23?,27-,29+,30-,31?/m0/s1. The topological polar surface area (TPSA) is 155 Å². The number of hydrogen-bond acceptors (Lipinski definition) is 7. The smallest absolute Gasteiger partial charge is 0.410 e. The van der Waals surface area contributed by atoms with Gasteiger partial charge in [0.25, 0.3) is 0 Å². The van der Waals surface area contributed by atoms with Gasteiger partial charge in [0.05, 0.1) is 24.3 Å². The third-order valence-electron chi connectivity index (χ3n) is 9.26. The van der Waals surface area contributed by atoms with Gasteiger partial charge in [0.15, 0.2) is 0 Å². The summed E-state index contributed by atoms with van der Waals surface area (Å²) < 4.78 is 11.6. The Bertz CT molecular complexity index is 1560. The normalized spacial score (nSPS) is 20.2. The van der Waals surface area contributed by atoms with Gasteiger partial charge in [0, 0.05) is 20.0 Å². The van der Waals surface area contributed by atoms with Gasteiger partial charge in [0.1, 0.15) is 23.7 Å². The van der Waals surface area contributed by atoms with Crippen LogP contribution in [0.5, 0.6) is 0 Å². The predicted molar refractivity (Wildman–Crippen MR) is 187 cm³/mol. The fourth-order valence-electron chi connectivity index (χ4n) is 6.28. The highest BCUT2D eigenvalue weighted by atomic mass is 16.6. The number of benzene rings is 2. The molecular formula is C38H52N4O8. The van der Waals surface area contributed by atoms with Gasteiger partial charge in [-0.05, 0) is 81.2 Å². The fraction of sp³-hybridized carbons (Fsp3) is 0.553. The van der Waals surface area contributed by atoms with Gasteiger partial charge < -0.3 is 30.1 Å². The van der Waals surface area contributed by atoms with E-state index in [0.717, 1.165) is 30.4 Å². The van der Waals surface area contributed by atoms with Gasteiger partial charge in [-0.25, -0.2) is 9.59 Å². The van der Waals surface area contributed by atoms with Gasteiger partial charge in [-0.3, -0.25) is 19.3 Å². The van der Waals surface area contributed by atoms with Crippen LogP contribution in [0.3, 0.4) is 0 Å². The van der Waals surface area contributed by atoms with E-state index < -0.39 is 59.1 Å². The van der Waals surface area contributed by atoms with Gasteiger partial charge in [-0.1, -0.05) is 57.2 Å². The number of carbonyl (C=O) groups is 5. The van der Waals surface area contributed by atoms with E-state index in [1.807, 2.05) is 39.0 Å². The Morgan fingerprint density at radius 2 is 1.66 bits per heavy atom. The number of nitrogens with zero attached hydrogens (tertiary/aromatic N) is 2. The van der Waals surface area contributed by atoms with Gasteiger partial charge in [-0.2, -0.15) is 0 Å². The van der Waals surface area contributed by atoms with Gasteiger partial charge >= 0.3 is 12.1 Å². The van der Waals surface area contributed by atoms with Crippen molar-refractivity contribution < 1.29 is 38.6 Å². The lowest BCUT2D eigenvalue weighted by atomic mass is 9.85. The Labute approximate surface area is 294 Å². The molecule has 4 rings (SSSR count). The molecule has 50 heavy (non-hydrogen) atoms. The number of carbonyl (C=O) groups excluding carboxylic acids is 4. The van der Waals surface area contributed by atoms with Gasteiger partial charge in [-0.15, -0.1) is 0 Å². The van der Waals surface area contributed by atoms with Crippen molar-refractivity contribution in [3.05, 3.63) is 70.8 Å². The number of carboxylic acid groups (broad SMARTS) is 1. The van der Waals surface area contributed by atoms with Crippen molar-refractivity contribution in [2.75, 3.05) is 13.6 Å². The average Bonchev–Trinajstić information content (AvgIpc) is 3.49. The Kier molecular flexibility index (Phi) is 12.0. The molecule has 4 amide bonds. The molecule has 12 heteroatoms. The van der Waals surface area contributed by atoms with E-state index in [-0.39, 0.29) is 37.1 Å². The number of fused-ring (bicyclic) bond motifs is 1. The lowest BCUT2D eigenvalue weighted by Crippen LogP contribution is -2.60. The van der Waals surface area contributed by atoms with Crippen molar-refractivity contribution in [3.63, 3.8) is 0 Å². The first kappa shape index (κ1) is 38.4. The van der Waals surface area contributed by atoms with Crippen LogP contribution < -0.4 is 10.6 Å². The number of likely N-dealkylation sites (N-methyl/N-ethyl adjacent to an activating group) is 1. The number of ether oxygens (including phenoxy) is 2. The van der Waals surface area contributed by atoms with Crippen molar-refractivity contribution in [2.45, 2.75) is 117 Å². The molecule has 1 saturated heterocycles. The minimum Gasteiger partial charge on any atom is -0.478 e. The van der Waals surface area contributed by atoms with E-state index in [2.05, 4.69) is 16.7 Å². The van der Waals surface area contributed by atoms with E-state index in [4.69, 9.17) is 9.47 Å². The first-order chi connectivity index (χ1) is 23.4. The van der Waals surface area contributed by atoms with Crippen molar-refractivity contribution in [1.29, 1.82) is 0 Å². The van der Waals surface area contributed by atoms with Crippen LogP contribution in [-0.4, -0.2) is 88.1 Å². The molecule has 0 radical (unpaired) electrons. The highest BCUT2D eigenvalue weighted by Crippen LogP contribution is 2.32. The third-order valence-corrected chi connectivity index (χ3v) is 9.26. The van der Waals surface area contributed by atoms with Crippen LogP contribution >= 0.6 is 0 Å². The molecule has 2 aliphatic rings. The zero-order chi connectivity index (χ0) is 37.0. The van der Waals surface area contributed by atoms with E-state index >= 15 is 0 Å². The molecule has 1 fully saturated rings. The number of aromatic carboxylic acids is 1. The maximum Gasteiger partial charge on any atom is 0.410 e. The van der Waals surface area contributed by atoms with Crippen LogP contribution in [0.25, 0.3) is 0 Å². The molecule has 1 aliphatic carbocycles. The molecular weight excluding hydrogens is 640 g/mol. The zero-order valence-electron chi connectivity index (χ0n) is 30.4. The van der Waals surface area contributed by atoms with Crippen LogP contribution in [-0.2, 0) is 36.9 Å². The summed E-state index contributed by atoms with van der Waals surface area (Å²) in [6, 6.07) is 11.4. The van der Waals surface area contributed by atoms with Crippen molar-refractivity contribution in [2.24, 2.45) is 5.41 Å². The van der Waals surface area contributed by atoms with E-state index in [9.17, 15) is 29.1 Å². The second-order valence-electron chi connectivity index (χ2n) is 15.4. The monoisotopic (exact) mass is 692 g/mol. The predicted octanol–water partition coefficient (Wildman–Crippen LogP) is 4.85. The summed E-state index contributed by atoms with van der Waals surface area (Å²) in [4.78, 5) is 68.8. The van der Waals surface area contributed by atoms with E-state index in [1.165, 1.54) is 34.5 Å². The first-order valence-electron chi connectivity index (χ1n) is 17.2. The van der Waals surface area contributed by atoms with Crippen LogP contribution in [0.15, 0.2) is 48.5 Å². The fourth-order valence-corrected chi connectivity index (χ4v) is 6.28. The van der Waals surface area contributed by atoms with E-state index in [0.29, 0.717) is 0 Å². The quantitative estimate of drug-likeness (QED) is 0.319. The molecule has 0 aromatic heterocycles. The number of nitrogens with one attached hydrogen (secondary N) is 2. The van der Waals surface area contributed by atoms with Crippen molar-refractivity contribution >= 4 is 29.8 Å². The summed E-state index contributed by atoms with van der Waals surface area (Å²) in [5.41, 5.74) is 1.67. The summed E-state index contributed by atoms with van der Waals surface area (Å²) in [6.07, 6.45) is 1.71.